The molecule has 0 N–H and O–H groups in total. The van der Waals surface area contributed by atoms with Gasteiger partial charge in [-0.2, -0.15) is 0 Å². The zero-order valence-electron chi connectivity index (χ0n) is 10.3. The fourth-order valence-corrected chi connectivity index (χ4v) is 2.99. The Balaban J connectivity index is 2.58. The van der Waals surface area contributed by atoms with Crippen LogP contribution in [0.3, 0.4) is 0 Å². The number of carbonyl (C=O) groups excluding carboxylic acids is 1. The molecular formula is C13H24O2. The lowest BCUT2D eigenvalue weighted by Gasteiger charge is -2.41. The maximum Gasteiger partial charge on any atom is 0.293 e. The van der Waals surface area contributed by atoms with E-state index in [1.807, 2.05) is 6.92 Å². The molecule has 15 heavy (non-hydrogen) atoms. The predicted molar refractivity (Wildman–Crippen MR) is 61.6 cm³/mol. The first kappa shape index (κ1) is 12.5. The van der Waals surface area contributed by atoms with Gasteiger partial charge in [0, 0.05) is 0 Å². The minimum atomic E-state index is 0.0975. The molecule has 1 aliphatic carbocycles. The molecule has 2 nitrogen and oxygen atoms in total. The molecule has 0 radical (unpaired) electrons. The molecule has 0 amide bonds. The van der Waals surface area contributed by atoms with Crippen LogP contribution in [-0.4, -0.2) is 12.6 Å². The molecule has 0 aromatic rings. The fraction of sp³-hybridized carbons (Fsp3) is 0.923. The molecule has 2 unspecified atom stereocenters. The lowest BCUT2D eigenvalue weighted by Crippen LogP contribution is -2.33. The Morgan fingerprint density at radius 1 is 1.47 bits per heavy atom. The van der Waals surface area contributed by atoms with E-state index in [-0.39, 0.29) is 6.10 Å². The van der Waals surface area contributed by atoms with Crippen molar-refractivity contribution in [3.05, 3.63) is 0 Å². The summed E-state index contributed by atoms with van der Waals surface area (Å²) >= 11 is 0. The maximum atomic E-state index is 10.3. The number of hydrogen-bond acceptors (Lipinski definition) is 2. The van der Waals surface area contributed by atoms with E-state index in [1.165, 1.54) is 38.5 Å². The standard InChI is InChI=1S/C13H24O2/c1-4-13(5-2)8-6-7-12(9-13)11(3)15-10-14/h10-12H,4-9H2,1-3H3. The van der Waals surface area contributed by atoms with Crippen LogP contribution in [0.25, 0.3) is 0 Å². The molecule has 2 heteroatoms. The van der Waals surface area contributed by atoms with Gasteiger partial charge in [-0.1, -0.05) is 33.1 Å². The summed E-state index contributed by atoms with van der Waals surface area (Å²) in [5, 5.41) is 0. The molecule has 0 saturated heterocycles. The number of hydrogen-bond donors (Lipinski definition) is 0. The van der Waals surface area contributed by atoms with Crippen molar-refractivity contribution in [2.75, 3.05) is 0 Å². The minimum absolute atomic E-state index is 0.0975. The smallest absolute Gasteiger partial charge is 0.293 e. The largest absolute Gasteiger partial charge is 0.465 e. The molecular weight excluding hydrogens is 188 g/mol. The van der Waals surface area contributed by atoms with Crippen LogP contribution in [0.5, 0.6) is 0 Å². The molecule has 1 aliphatic rings. The fourth-order valence-electron chi connectivity index (χ4n) is 2.99. The van der Waals surface area contributed by atoms with Crippen LogP contribution in [0.15, 0.2) is 0 Å². The molecule has 0 bridgehead atoms. The topological polar surface area (TPSA) is 26.3 Å². The minimum Gasteiger partial charge on any atom is -0.465 e. The Hall–Kier alpha value is -0.530. The summed E-state index contributed by atoms with van der Waals surface area (Å²) in [6.07, 6.45) is 7.71. The second-order valence-corrected chi connectivity index (χ2v) is 5.00. The van der Waals surface area contributed by atoms with E-state index in [4.69, 9.17) is 4.74 Å². The van der Waals surface area contributed by atoms with Gasteiger partial charge in [0.05, 0.1) is 0 Å². The summed E-state index contributed by atoms with van der Waals surface area (Å²) in [7, 11) is 0. The van der Waals surface area contributed by atoms with Crippen molar-refractivity contribution in [2.45, 2.75) is 65.4 Å². The van der Waals surface area contributed by atoms with Crippen molar-refractivity contribution in [1.82, 2.24) is 0 Å². The molecule has 2 atom stereocenters. The second-order valence-electron chi connectivity index (χ2n) is 5.00. The summed E-state index contributed by atoms with van der Waals surface area (Å²) in [6, 6.07) is 0. The van der Waals surface area contributed by atoms with Gasteiger partial charge in [-0.15, -0.1) is 0 Å². The van der Waals surface area contributed by atoms with E-state index in [0.717, 1.165) is 0 Å². The highest BCUT2D eigenvalue weighted by Crippen LogP contribution is 2.45. The normalized spacial score (nSPS) is 27.0. The first-order valence-corrected chi connectivity index (χ1v) is 6.26. The highest BCUT2D eigenvalue weighted by Gasteiger charge is 2.35. The highest BCUT2D eigenvalue weighted by molar-refractivity contribution is 5.37. The third-order valence-electron chi connectivity index (χ3n) is 4.41. The lowest BCUT2D eigenvalue weighted by atomic mass is 9.65. The van der Waals surface area contributed by atoms with Crippen molar-refractivity contribution in [2.24, 2.45) is 11.3 Å². The summed E-state index contributed by atoms with van der Waals surface area (Å²) < 4.78 is 5.08. The highest BCUT2D eigenvalue weighted by atomic mass is 16.5. The Morgan fingerprint density at radius 3 is 2.67 bits per heavy atom. The van der Waals surface area contributed by atoms with Gasteiger partial charge < -0.3 is 4.74 Å². The Kier molecular flexibility index (Phi) is 4.62. The van der Waals surface area contributed by atoms with Gasteiger partial charge in [-0.3, -0.25) is 4.79 Å². The van der Waals surface area contributed by atoms with Crippen LogP contribution in [0.4, 0.5) is 0 Å². The van der Waals surface area contributed by atoms with Crippen LogP contribution in [0.1, 0.15) is 59.3 Å². The van der Waals surface area contributed by atoms with E-state index in [2.05, 4.69) is 13.8 Å². The molecule has 0 aliphatic heterocycles. The summed E-state index contributed by atoms with van der Waals surface area (Å²) in [5.74, 6) is 0.573. The van der Waals surface area contributed by atoms with Gasteiger partial charge in [0.25, 0.3) is 6.47 Å². The number of ether oxygens (including phenoxy) is 1. The van der Waals surface area contributed by atoms with Gasteiger partial charge >= 0.3 is 0 Å². The monoisotopic (exact) mass is 212 g/mol. The van der Waals surface area contributed by atoms with Gasteiger partial charge in [0.1, 0.15) is 6.10 Å². The summed E-state index contributed by atoms with van der Waals surface area (Å²) in [4.78, 5) is 10.3. The molecule has 1 rings (SSSR count). The molecule has 0 aromatic carbocycles. The Bertz CT molecular complexity index is 197. The zero-order valence-corrected chi connectivity index (χ0v) is 10.3. The van der Waals surface area contributed by atoms with Crippen molar-refractivity contribution in [3.63, 3.8) is 0 Å². The molecule has 0 spiro atoms. The number of carbonyl (C=O) groups is 1. The second kappa shape index (κ2) is 5.53. The van der Waals surface area contributed by atoms with Gasteiger partial charge in [0.15, 0.2) is 0 Å². The van der Waals surface area contributed by atoms with Crippen molar-refractivity contribution < 1.29 is 9.53 Å². The SMILES string of the molecule is CCC1(CC)CCCC(C(C)OC=O)C1. The van der Waals surface area contributed by atoms with E-state index in [9.17, 15) is 4.79 Å². The van der Waals surface area contributed by atoms with Gasteiger partial charge in [-0.25, -0.2) is 0 Å². The third-order valence-corrected chi connectivity index (χ3v) is 4.41. The van der Waals surface area contributed by atoms with Crippen LogP contribution < -0.4 is 0 Å². The average Bonchev–Trinajstić information content (AvgIpc) is 2.29. The predicted octanol–water partition coefficient (Wildman–Crippen LogP) is 3.54. The lowest BCUT2D eigenvalue weighted by molar-refractivity contribution is -0.136. The van der Waals surface area contributed by atoms with Gasteiger partial charge in [0.2, 0.25) is 0 Å². The van der Waals surface area contributed by atoms with Gasteiger partial charge in [-0.05, 0) is 37.5 Å². The van der Waals surface area contributed by atoms with E-state index in [1.54, 1.807) is 0 Å². The van der Waals surface area contributed by atoms with Crippen molar-refractivity contribution >= 4 is 6.47 Å². The van der Waals surface area contributed by atoms with Crippen LogP contribution >= 0.6 is 0 Å². The quantitative estimate of drug-likeness (QED) is 0.651. The molecule has 0 heterocycles. The number of rotatable bonds is 5. The molecule has 0 aromatic heterocycles. The Morgan fingerprint density at radius 2 is 2.13 bits per heavy atom. The molecule has 88 valence electrons. The molecule has 1 saturated carbocycles. The van der Waals surface area contributed by atoms with Crippen molar-refractivity contribution in [1.29, 1.82) is 0 Å². The van der Waals surface area contributed by atoms with Crippen LogP contribution in [-0.2, 0) is 9.53 Å². The summed E-state index contributed by atoms with van der Waals surface area (Å²) in [5.41, 5.74) is 0.517. The van der Waals surface area contributed by atoms with E-state index in [0.29, 0.717) is 17.8 Å². The van der Waals surface area contributed by atoms with Crippen LogP contribution in [0, 0.1) is 11.3 Å². The zero-order chi connectivity index (χ0) is 11.3. The van der Waals surface area contributed by atoms with Crippen LogP contribution in [0.2, 0.25) is 0 Å². The average molecular weight is 212 g/mol. The first-order chi connectivity index (χ1) is 7.17. The first-order valence-electron chi connectivity index (χ1n) is 6.26. The summed E-state index contributed by atoms with van der Waals surface area (Å²) in [6.45, 7) is 7.20. The van der Waals surface area contributed by atoms with E-state index < -0.39 is 0 Å². The third kappa shape index (κ3) is 2.96. The van der Waals surface area contributed by atoms with E-state index >= 15 is 0 Å². The molecule has 1 fully saturated rings. The maximum absolute atomic E-state index is 10.3. The van der Waals surface area contributed by atoms with Crippen molar-refractivity contribution in [3.8, 4) is 0 Å². The Labute approximate surface area is 93.4 Å².